The molecular weight excluding hydrogens is 464 g/mol. The van der Waals surface area contributed by atoms with Gasteiger partial charge in [-0.1, -0.05) is 51.0 Å². The lowest BCUT2D eigenvalue weighted by Crippen LogP contribution is -2.42. The second-order valence-electron chi connectivity index (χ2n) is 10.2. The molecule has 0 saturated carbocycles. The largest absolute Gasteiger partial charge is 0.497 e. The Morgan fingerprint density at radius 2 is 1.27 bits per heavy atom. The number of hydrogen-bond donors (Lipinski definition) is 2. The molecule has 2 aromatic rings. The molecule has 2 heterocycles. The number of benzene rings is 2. The lowest BCUT2D eigenvalue weighted by Gasteiger charge is -2.32. The van der Waals surface area contributed by atoms with Gasteiger partial charge in [0.05, 0.1) is 26.3 Å². The minimum absolute atomic E-state index is 0.0160. The third-order valence-corrected chi connectivity index (χ3v) is 7.88. The van der Waals surface area contributed by atoms with Crippen LogP contribution in [0.25, 0.3) is 0 Å². The lowest BCUT2D eigenvalue weighted by molar-refractivity contribution is -0.130. The maximum Gasteiger partial charge on any atom is 0.242 e. The number of amides is 1. The summed E-state index contributed by atoms with van der Waals surface area (Å²) in [5.41, 5.74) is 9.08. The Hall–Kier alpha value is -2.61. The van der Waals surface area contributed by atoms with E-state index in [4.69, 9.17) is 9.47 Å². The van der Waals surface area contributed by atoms with Gasteiger partial charge < -0.3 is 19.3 Å². The molecule has 7 heteroatoms. The maximum atomic E-state index is 13.8. The molecule has 4 unspecified atom stereocenters. The Labute approximate surface area is 222 Å². The lowest BCUT2D eigenvalue weighted by atomic mass is 9.83. The summed E-state index contributed by atoms with van der Waals surface area (Å²) in [6.45, 7) is 8.57. The summed E-state index contributed by atoms with van der Waals surface area (Å²) >= 11 is 0. The number of fused-ring (bicyclic) bond motifs is 1. The van der Waals surface area contributed by atoms with Crippen molar-refractivity contribution in [2.75, 3.05) is 40.4 Å². The van der Waals surface area contributed by atoms with Crippen LogP contribution in [-0.4, -0.2) is 62.1 Å². The molecule has 202 valence electrons. The second kappa shape index (κ2) is 13.3. The quantitative estimate of drug-likeness (QED) is 0.385. The van der Waals surface area contributed by atoms with Crippen molar-refractivity contribution in [1.29, 1.82) is 0 Å². The van der Waals surface area contributed by atoms with Gasteiger partial charge in [0.25, 0.3) is 0 Å². The molecule has 0 radical (unpaired) electrons. The predicted octanol–water partition coefficient (Wildman–Crippen LogP) is 4.71. The first kappa shape index (κ1) is 27.4. The summed E-state index contributed by atoms with van der Waals surface area (Å²) in [5, 5.41) is 0. The van der Waals surface area contributed by atoms with Crippen molar-refractivity contribution in [3.05, 3.63) is 59.7 Å². The van der Waals surface area contributed by atoms with Crippen LogP contribution >= 0.6 is 0 Å². The van der Waals surface area contributed by atoms with Crippen LogP contribution in [0.15, 0.2) is 48.5 Å². The smallest absolute Gasteiger partial charge is 0.242 e. The third-order valence-electron chi connectivity index (χ3n) is 7.88. The van der Waals surface area contributed by atoms with Crippen LogP contribution < -0.4 is 20.3 Å². The van der Waals surface area contributed by atoms with Crippen molar-refractivity contribution in [3.8, 4) is 11.5 Å². The Bertz CT molecular complexity index is 973. The molecule has 2 saturated heterocycles. The van der Waals surface area contributed by atoms with E-state index in [2.05, 4.69) is 58.8 Å². The summed E-state index contributed by atoms with van der Waals surface area (Å²) in [4.78, 5) is 18.5. The molecule has 0 aromatic heterocycles. The molecule has 0 aliphatic carbocycles. The van der Waals surface area contributed by atoms with E-state index < -0.39 is 0 Å². The molecular formula is C30H44N4O3. The number of hydrogen-bond acceptors (Lipinski definition) is 6. The molecule has 0 spiro atoms. The van der Waals surface area contributed by atoms with Crippen molar-refractivity contribution in [3.63, 3.8) is 0 Å². The van der Waals surface area contributed by atoms with E-state index in [9.17, 15) is 4.79 Å². The highest BCUT2D eigenvalue weighted by Crippen LogP contribution is 2.47. The van der Waals surface area contributed by atoms with Gasteiger partial charge in [0.1, 0.15) is 17.5 Å². The number of carbonyl (C=O) groups excluding carboxylic acids is 1. The van der Waals surface area contributed by atoms with E-state index in [1.807, 2.05) is 24.3 Å². The molecule has 37 heavy (non-hydrogen) atoms. The van der Waals surface area contributed by atoms with Crippen molar-refractivity contribution < 1.29 is 14.3 Å². The summed E-state index contributed by atoms with van der Waals surface area (Å²) in [7, 11) is 3.36. The minimum atomic E-state index is -0.254. The normalized spacial score (nSPS) is 23.1. The zero-order chi connectivity index (χ0) is 26.2. The number of carbonyl (C=O) groups is 1. The fraction of sp³-hybridized carbons (Fsp3) is 0.567. The van der Waals surface area contributed by atoms with Crippen LogP contribution in [-0.2, 0) is 4.79 Å². The van der Waals surface area contributed by atoms with Gasteiger partial charge in [-0.25, -0.2) is 10.9 Å². The molecule has 2 aromatic carbocycles. The van der Waals surface area contributed by atoms with E-state index in [0.717, 1.165) is 55.2 Å². The summed E-state index contributed by atoms with van der Waals surface area (Å²) in [5.74, 6) is 1.92. The Kier molecular flexibility index (Phi) is 9.83. The van der Waals surface area contributed by atoms with Gasteiger partial charge in [-0.15, -0.1) is 0 Å². The van der Waals surface area contributed by atoms with E-state index >= 15 is 0 Å². The van der Waals surface area contributed by atoms with Crippen LogP contribution in [0.2, 0.25) is 0 Å². The minimum Gasteiger partial charge on any atom is -0.497 e. The van der Waals surface area contributed by atoms with Crippen LogP contribution in [0.1, 0.15) is 69.2 Å². The van der Waals surface area contributed by atoms with Gasteiger partial charge in [0.2, 0.25) is 5.91 Å². The van der Waals surface area contributed by atoms with Crippen molar-refractivity contribution >= 4 is 5.91 Å². The van der Waals surface area contributed by atoms with Crippen molar-refractivity contribution in [2.45, 2.75) is 64.1 Å². The first-order valence-corrected chi connectivity index (χ1v) is 13.9. The molecule has 4 rings (SSSR count). The highest BCUT2D eigenvalue weighted by atomic mass is 16.5. The van der Waals surface area contributed by atoms with Gasteiger partial charge >= 0.3 is 0 Å². The second-order valence-corrected chi connectivity index (χ2v) is 10.2. The van der Waals surface area contributed by atoms with E-state index in [0.29, 0.717) is 0 Å². The SMILES string of the molecule is CCCCN(CCCC)CCCN1C(=O)C2NNC(c3ccc(OC)cc3)C2C1c1ccc(OC)cc1. The van der Waals surface area contributed by atoms with Crippen molar-refractivity contribution in [1.82, 2.24) is 20.7 Å². The summed E-state index contributed by atoms with van der Waals surface area (Å²) in [6, 6.07) is 16.1. The third kappa shape index (κ3) is 6.28. The Balaban J connectivity index is 1.56. The van der Waals surface area contributed by atoms with Crippen LogP contribution in [0.4, 0.5) is 0 Å². The van der Waals surface area contributed by atoms with E-state index in [1.54, 1.807) is 14.2 Å². The van der Waals surface area contributed by atoms with Gasteiger partial charge in [0, 0.05) is 12.5 Å². The molecule has 7 nitrogen and oxygen atoms in total. The number of unbranched alkanes of at least 4 members (excludes halogenated alkanes) is 2. The highest BCUT2D eigenvalue weighted by molar-refractivity contribution is 5.86. The van der Waals surface area contributed by atoms with Gasteiger partial charge in [-0.3, -0.25) is 4.79 Å². The number of hydrazine groups is 1. The molecule has 0 bridgehead atoms. The molecule has 2 fully saturated rings. The monoisotopic (exact) mass is 508 g/mol. The average molecular weight is 509 g/mol. The fourth-order valence-corrected chi connectivity index (χ4v) is 5.81. The predicted molar refractivity (Wildman–Crippen MR) is 148 cm³/mol. The molecule has 2 N–H and O–H groups in total. The Morgan fingerprint density at radius 1 is 0.757 bits per heavy atom. The number of methoxy groups -OCH3 is 2. The number of ether oxygens (including phenoxy) is 2. The molecule has 2 aliphatic rings. The average Bonchev–Trinajstić information content (AvgIpc) is 3.48. The maximum absolute atomic E-state index is 13.8. The van der Waals surface area contributed by atoms with Crippen LogP contribution in [0.5, 0.6) is 11.5 Å². The number of likely N-dealkylation sites (tertiary alicyclic amines) is 1. The molecule has 4 atom stereocenters. The first-order valence-electron chi connectivity index (χ1n) is 13.9. The van der Waals surface area contributed by atoms with Crippen LogP contribution in [0, 0.1) is 5.92 Å². The summed E-state index contributed by atoms with van der Waals surface area (Å²) in [6.07, 6.45) is 5.85. The van der Waals surface area contributed by atoms with Crippen molar-refractivity contribution in [2.24, 2.45) is 5.92 Å². The summed E-state index contributed by atoms with van der Waals surface area (Å²) < 4.78 is 10.8. The van der Waals surface area contributed by atoms with E-state index in [1.165, 1.54) is 25.7 Å². The zero-order valence-electron chi connectivity index (χ0n) is 22.9. The topological polar surface area (TPSA) is 66.1 Å². The number of rotatable bonds is 14. The highest BCUT2D eigenvalue weighted by Gasteiger charge is 2.55. The Morgan fingerprint density at radius 3 is 1.81 bits per heavy atom. The number of nitrogens with zero attached hydrogens (tertiary/aromatic N) is 2. The van der Waals surface area contributed by atoms with Gasteiger partial charge in [-0.2, -0.15) is 0 Å². The first-order chi connectivity index (χ1) is 18.1. The number of nitrogens with one attached hydrogen (secondary N) is 2. The van der Waals surface area contributed by atoms with Gasteiger partial charge in [0.15, 0.2) is 0 Å². The zero-order valence-corrected chi connectivity index (χ0v) is 22.9. The standard InChI is InChI=1S/C30H44N4O3/c1-5-7-18-33(19-8-6-2)20-9-21-34-29(23-12-16-25(37-4)17-13-23)26-27(31-32-28(26)30(34)35)22-10-14-24(36-3)15-11-22/h10-17,26-29,31-32H,5-9,18-21H2,1-4H3. The van der Waals surface area contributed by atoms with E-state index in [-0.39, 0.29) is 30.0 Å². The molecule has 2 aliphatic heterocycles. The fourth-order valence-electron chi connectivity index (χ4n) is 5.81. The van der Waals surface area contributed by atoms with Gasteiger partial charge in [-0.05, 0) is 74.3 Å². The van der Waals surface area contributed by atoms with Crippen LogP contribution in [0.3, 0.4) is 0 Å². The molecule has 1 amide bonds.